The van der Waals surface area contributed by atoms with Crippen LogP contribution in [0.5, 0.6) is 5.75 Å². The Morgan fingerprint density at radius 1 is 1.47 bits per heavy atom. The molecule has 84 valence electrons. The van der Waals surface area contributed by atoms with Crippen molar-refractivity contribution in [3.63, 3.8) is 0 Å². The largest absolute Gasteiger partial charge is 0.488 e. The zero-order chi connectivity index (χ0) is 11.3. The lowest BCUT2D eigenvalue weighted by atomic mass is 10.2. The Morgan fingerprint density at radius 2 is 2.20 bits per heavy atom. The number of unbranched alkanes of at least 4 members (excludes halogenated alkanes) is 1. The van der Waals surface area contributed by atoms with E-state index in [9.17, 15) is 4.39 Å². The Hall–Kier alpha value is -1.25. The number of ether oxygens (including phenoxy) is 1. The molecular formula is C12H18FNO. The van der Waals surface area contributed by atoms with Crippen LogP contribution < -0.4 is 10.5 Å². The van der Waals surface area contributed by atoms with Crippen LogP contribution in [0.1, 0.15) is 33.1 Å². The van der Waals surface area contributed by atoms with Gasteiger partial charge in [-0.2, -0.15) is 0 Å². The van der Waals surface area contributed by atoms with Gasteiger partial charge in [-0.3, -0.25) is 0 Å². The molecule has 0 fully saturated rings. The Balaban J connectivity index is 2.59. The van der Waals surface area contributed by atoms with Crippen LogP contribution in [0.15, 0.2) is 18.2 Å². The lowest BCUT2D eigenvalue weighted by Gasteiger charge is -2.15. The first-order chi connectivity index (χ1) is 7.13. The van der Waals surface area contributed by atoms with E-state index in [1.54, 1.807) is 0 Å². The van der Waals surface area contributed by atoms with Gasteiger partial charge in [-0.25, -0.2) is 4.39 Å². The smallest absolute Gasteiger partial charge is 0.145 e. The average molecular weight is 211 g/mol. The van der Waals surface area contributed by atoms with Crippen LogP contribution in [0.25, 0.3) is 0 Å². The van der Waals surface area contributed by atoms with Gasteiger partial charge < -0.3 is 10.5 Å². The summed E-state index contributed by atoms with van der Waals surface area (Å²) in [4.78, 5) is 0. The molecular weight excluding hydrogens is 193 g/mol. The number of hydrogen-bond acceptors (Lipinski definition) is 2. The van der Waals surface area contributed by atoms with Gasteiger partial charge in [0.25, 0.3) is 0 Å². The summed E-state index contributed by atoms with van der Waals surface area (Å²) in [6.07, 6.45) is 3.28. The van der Waals surface area contributed by atoms with E-state index in [1.807, 2.05) is 6.92 Å². The molecule has 3 heteroatoms. The SMILES string of the molecule is CCCCC(C)Oc1cc(F)ccc1N. The fourth-order valence-corrected chi connectivity index (χ4v) is 1.38. The minimum absolute atomic E-state index is 0.0778. The Labute approximate surface area is 90.2 Å². The molecule has 0 saturated heterocycles. The highest BCUT2D eigenvalue weighted by molar-refractivity contribution is 5.52. The fraction of sp³-hybridized carbons (Fsp3) is 0.500. The van der Waals surface area contributed by atoms with Crippen molar-refractivity contribution in [3.8, 4) is 5.75 Å². The summed E-state index contributed by atoms with van der Waals surface area (Å²) in [6, 6.07) is 4.19. The van der Waals surface area contributed by atoms with Crippen LogP contribution >= 0.6 is 0 Å². The summed E-state index contributed by atoms with van der Waals surface area (Å²) < 4.78 is 18.5. The summed E-state index contributed by atoms with van der Waals surface area (Å²) in [6.45, 7) is 4.10. The molecule has 0 saturated carbocycles. The van der Waals surface area contributed by atoms with E-state index in [1.165, 1.54) is 18.2 Å². The molecule has 1 rings (SSSR count). The van der Waals surface area contributed by atoms with Crippen LogP contribution in [0.2, 0.25) is 0 Å². The Kier molecular flexibility index (Phi) is 4.40. The van der Waals surface area contributed by atoms with Crippen LogP contribution in [0.3, 0.4) is 0 Å². The van der Waals surface area contributed by atoms with Gasteiger partial charge in [0.1, 0.15) is 11.6 Å². The summed E-state index contributed by atoms with van der Waals surface area (Å²) in [5, 5.41) is 0. The van der Waals surface area contributed by atoms with Gasteiger partial charge in [0, 0.05) is 6.07 Å². The average Bonchev–Trinajstić information content (AvgIpc) is 2.20. The molecule has 0 radical (unpaired) electrons. The summed E-state index contributed by atoms with van der Waals surface area (Å²) >= 11 is 0. The Bertz CT molecular complexity index is 314. The molecule has 0 spiro atoms. The van der Waals surface area contributed by atoms with Gasteiger partial charge in [-0.1, -0.05) is 19.8 Å². The highest BCUT2D eigenvalue weighted by Crippen LogP contribution is 2.24. The van der Waals surface area contributed by atoms with E-state index in [2.05, 4.69) is 6.92 Å². The second-order valence-corrected chi connectivity index (χ2v) is 3.75. The zero-order valence-corrected chi connectivity index (χ0v) is 9.29. The number of hydrogen-bond donors (Lipinski definition) is 1. The highest BCUT2D eigenvalue weighted by Gasteiger charge is 2.07. The number of rotatable bonds is 5. The van der Waals surface area contributed by atoms with Crippen molar-refractivity contribution in [2.24, 2.45) is 0 Å². The van der Waals surface area contributed by atoms with Crippen molar-refractivity contribution < 1.29 is 9.13 Å². The molecule has 1 atom stereocenters. The van der Waals surface area contributed by atoms with Gasteiger partial charge in [0.2, 0.25) is 0 Å². The number of halogens is 1. The van der Waals surface area contributed by atoms with Gasteiger partial charge in [-0.15, -0.1) is 0 Å². The van der Waals surface area contributed by atoms with Gasteiger partial charge >= 0.3 is 0 Å². The van der Waals surface area contributed by atoms with Crippen molar-refractivity contribution in [2.45, 2.75) is 39.2 Å². The third-order valence-electron chi connectivity index (χ3n) is 2.27. The molecule has 1 aromatic rings. The third-order valence-corrected chi connectivity index (χ3v) is 2.27. The molecule has 0 aliphatic heterocycles. The van der Waals surface area contributed by atoms with E-state index in [0.29, 0.717) is 11.4 Å². The minimum Gasteiger partial charge on any atom is -0.488 e. The number of nitrogen functional groups attached to an aromatic ring is 1. The lowest BCUT2D eigenvalue weighted by Crippen LogP contribution is -2.12. The second-order valence-electron chi connectivity index (χ2n) is 3.75. The summed E-state index contributed by atoms with van der Waals surface area (Å²) in [5.41, 5.74) is 6.16. The first kappa shape index (κ1) is 11.8. The molecule has 0 heterocycles. The maximum atomic E-state index is 12.9. The molecule has 1 aromatic carbocycles. The lowest BCUT2D eigenvalue weighted by molar-refractivity contribution is 0.208. The van der Waals surface area contributed by atoms with E-state index in [-0.39, 0.29) is 11.9 Å². The molecule has 0 amide bonds. The summed E-state index contributed by atoms with van der Waals surface area (Å²) in [5.74, 6) is 0.125. The molecule has 2 nitrogen and oxygen atoms in total. The minimum atomic E-state index is -0.318. The molecule has 1 unspecified atom stereocenters. The van der Waals surface area contributed by atoms with Crippen molar-refractivity contribution in [1.29, 1.82) is 0 Å². The maximum Gasteiger partial charge on any atom is 0.145 e. The second kappa shape index (κ2) is 5.59. The van der Waals surface area contributed by atoms with Crippen molar-refractivity contribution in [3.05, 3.63) is 24.0 Å². The molecule has 15 heavy (non-hydrogen) atoms. The van der Waals surface area contributed by atoms with E-state index < -0.39 is 0 Å². The quantitative estimate of drug-likeness (QED) is 0.758. The van der Waals surface area contributed by atoms with E-state index in [4.69, 9.17) is 10.5 Å². The third kappa shape index (κ3) is 3.78. The topological polar surface area (TPSA) is 35.2 Å². The van der Waals surface area contributed by atoms with Crippen molar-refractivity contribution >= 4 is 5.69 Å². The standard InChI is InChI=1S/C12H18FNO/c1-3-4-5-9(2)15-12-8-10(13)6-7-11(12)14/h6-9H,3-5,14H2,1-2H3. The van der Waals surface area contributed by atoms with Gasteiger partial charge in [0.15, 0.2) is 0 Å². The predicted molar refractivity (Wildman–Crippen MR) is 60.4 cm³/mol. The molecule has 0 bridgehead atoms. The predicted octanol–water partition coefficient (Wildman–Crippen LogP) is 3.37. The van der Waals surface area contributed by atoms with E-state index >= 15 is 0 Å². The molecule has 0 aliphatic rings. The molecule has 2 N–H and O–H groups in total. The van der Waals surface area contributed by atoms with Crippen LogP contribution in [-0.4, -0.2) is 6.10 Å². The van der Waals surface area contributed by atoms with Crippen molar-refractivity contribution in [1.82, 2.24) is 0 Å². The normalized spacial score (nSPS) is 12.5. The van der Waals surface area contributed by atoms with Gasteiger partial charge in [-0.05, 0) is 25.5 Å². The van der Waals surface area contributed by atoms with Gasteiger partial charge in [0.05, 0.1) is 11.8 Å². The zero-order valence-electron chi connectivity index (χ0n) is 9.29. The van der Waals surface area contributed by atoms with Crippen molar-refractivity contribution in [2.75, 3.05) is 5.73 Å². The van der Waals surface area contributed by atoms with Crippen LogP contribution in [-0.2, 0) is 0 Å². The molecule has 0 aromatic heterocycles. The van der Waals surface area contributed by atoms with E-state index in [0.717, 1.165) is 19.3 Å². The number of benzene rings is 1. The van der Waals surface area contributed by atoms with Crippen LogP contribution in [0.4, 0.5) is 10.1 Å². The first-order valence-corrected chi connectivity index (χ1v) is 5.35. The monoisotopic (exact) mass is 211 g/mol. The molecule has 0 aliphatic carbocycles. The highest BCUT2D eigenvalue weighted by atomic mass is 19.1. The first-order valence-electron chi connectivity index (χ1n) is 5.35. The maximum absolute atomic E-state index is 12.9. The number of anilines is 1. The Morgan fingerprint density at radius 3 is 2.87 bits per heavy atom. The fourth-order valence-electron chi connectivity index (χ4n) is 1.38. The number of nitrogens with two attached hydrogens (primary N) is 1. The summed E-state index contributed by atoms with van der Waals surface area (Å²) in [7, 11) is 0. The van der Waals surface area contributed by atoms with Crippen LogP contribution in [0, 0.1) is 5.82 Å².